The molecule has 0 unspecified atom stereocenters. The van der Waals surface area contributed by atoms with Gasteiger partial charge in [-0.25, -0.2) is 18.2 Å². The lowest BCUT2D eigenvalue weighted by molar-refractivity contribution is -0.113. The van der Waals surface area contributed by atoms with Crippen LogP contribution in [0, 0.1) is 0 Å². The number of carboxylic acids is 1. The molecule has 3 rings (SSSR count). The van der Waals surface area contributed by atoms with Gasteiger partial charge in [0, 0.05) is 17.3 Å². The summed E-state index contributed by atoms with van der Waals surface area (Å²) in [7, 11) is -3.99. The summed E-state index contributed by atoms with van der Waals surface area (Å²) in [4.78, 5) is 26.4. The quantitative estimate of drug-likeness (QED) is 0.838. The van der Waals surface area contributed by atoms with E-state index in [1.807, 2.05) is 0 Å². The third-order valence-corrected chi connectivity index (χ3v) is 5.18. The molecule has 0 saturated carbocycles. The molecule has 0 aromatic heterocycles. The maximum atomic E-state index is 12.7. The number of hydrogen-bond donors (Lipinski definition) is 2. The van der Waals surface area contributed by atoms with Crippen molar-refractivity contribution in [1.82, 2.24) is 0 Å². The molecule has 2 aromatic rings. The predicted molar refractivity (Wildman–Crippen MR) is 95.6 cm³/mol. The highest BCUT2D eigenvalue weighted by Gasteiger charge is 2.19. The lowest BCUT2D eigenvalue weighted by Crippen LogP contribution is -2.32. The van der Waals surface area contributed by atoms with E-state index in [2.05, 4.69) is 16.3 Å². The van der Waals surface area contributed by atoms with Crippen LogP contribution >= 0.6 is 0 Å². The van der Waals surface area contributed by atoms with E-state index < -0.39 is 21.9 Å². The van der Waals surface area contributed by atoms with Gasteiger partial charge in [-0.1, -0.05) is 12.6 Å². The first-order valence-corrected chi connectivity index (χ1v) is 8.96. The Morgan fingerprint density at radius 3 is 2.65 bits per heavy atom. The average Bonchev–Trinajstić information content (AvgIpc) is 2.55. The van der Waals surface area contributed by atoms with Gasteiger partial charge in [0.05, 0.1) is 15.8 Å². The number of carbonyl (C=O) groups is 2. The molecule has 1 aliphatic rings. The number of fused-ring (bicyclic) bond motifs is 1. The molecule has 1 heterocycles. The first-order valence-electron chi connectivity index (χ1n) is 7.48. The van der Waals surface area contributed by atoms with Crippen molar-refractivity contribution in [3.8, 4) is 0 Å². The van der Waals surface area contributed by atoms with Gasteiger partial charge in [0.15, 0.2) is 0 Å². The lowest BCUT2D eigenvalue weighted by Gasteiger charge is -2.12. The van der Waals surface area contributed by atoms with Gasteiger partial charge in [-0.3, -0.25) is 9.52 Å². The van der Waals surface area contributed by atoms with E-state index in [0.29, 0.717) is 21.7 Å². The number of benzene rings is 2. The molecule has 2 aromatic carbocycles. The maximum Gasteiger partial charge on any atom is 0.335 e. The van der Waals surface area contributed by atoms with Crippen LogP contribution in [0.3, 0.4) is 0 Å². The second-order valence-corrected chi connectivity index (χ2v) is 7.43. The second-order valence-electron chi connectivity index (χ2n) is 5.75. The van der Waals surface area contributed by atoms with E-state index >= 15 is 0 Å². The van der Waals surface area contributed by atoms with Crippen LogP contribution < -0.4 is 15.3 Å². The lowest BCUT2D eigenvalue weighted by atomic mass is 10.0. The van der Waals surface area contributed by atoms with Gasteiger partial charge in [0.2, 0.25) is 0 Å². The van der Waals surface area contributed by atoms with Crippen molar-refractivity contribution in [2.45, 2.75) is 11.8 Å². The smallest absolute Gasteiger partial charge is 0.335 e. The van der Waals surface area contributed by atoms with E-state index in [-0.39, 0.29) is 16.1 Å². The number of carboxylic acid groups (broad SMARTS) is 1. The van der Waals surface area contributed by atoms with E-state index in [4.69, 9.17) is 5.11 Å². The van der Waals surface area contributed by atoms with Gasteiger partial charge >= 0.3 is 5.97 Å². The van der Waals surface area contributed by atoms with E-state index in [1.165, 1.54) is 42.5 Å². The maximum absolute atomic E-state index is 12.7. The standard InChI is InChI=1S/C18H14N2O5S/c1-10-7-16(21)19-17-11(2)6-14(9-15(10)17)26(24,25)20-13-5-3-4-12(8-13)18(22)23/h3-9,20H,2H2,1H3,(H,22,23). The fourth-order valence-corrected chi connectivity index (χ4v) is 3.71. The second kappa shape index (κ2) is 6.23. The summed E-state index contributed by atoms with van der Waals surface area (Å²) >= 11 is 0. The zero-order chi connectivity index (χ0) is 19.1. The normalized spacial score (nSPS) is 13.4. The van der Waals surface area contributed by atoms with Gasteiger partial charge in [0.25, 0.3) is 15.9 Å². The molecule has 0 atom stereocenters. The first-order chi connectivity index (χ1) is 12.2. The van der Waals surface area contributed by atoms with Crippen LogP contribution in [-0.2, 0) is 14.8 Å². The number of allylic oxidation sites excluding steroid dienone is 1. The molecule has 0 aliphatic carbocycles. The zero-order valence-electron chi connectivity index (χ0n) is 13.7. The van der Waals surface area contributed by atoms with Gasteiger partial charge < -0.3 is 5.11 Å². The van der Waals surface area contributed by atoms with Crippen molar-refractivity contribution >= 4 is 39.7 Å². The molecule has 7 nitrogen and oxygen atoms in total. The Hall–Kier alpha value is -3.26. The van der Waals surface area contributed by atoms with Crippen LogP contribution in [0.4, 0.5) is 5.69 Å². The van der Waals surface area contributed by atoms with E-state index in [9.17, 15) is 18.0 Å². The molecule has 0 spiro atoms. The Bertz CT molecular complexity index is 1200. The van der Waals surface area contributed by atoms with Crippen LogP contribution in [0.15, 0.2) is 52.4 Å². The minimum atomic E-state index is -3.99. The Morgan fingerprint density at radius 2 is 1.96 bits per heavy atom. The fourth-order valence-electron chi connectivity index (χ4n) is 2.59. The van der Waals surface area contributed by atoms with Crippen molar-refractivity contribution in [1.29, 1.82) is 0 Å². The number of amides is 1. The van der Waals surface area contributed by atoms with Crippen molar-refractivity contribution in [2.24, 2.45) is 4.99 Å². The summed E-state index contributed by atoms with van der Waals surface area (Å²) in [6.07, 6.45) is 1.32. The Morgan fingerprint density at radius 1 is 1.23 bits per heavy atom. The molecular formula is C18H14N2O5S. The third-order valence-electron chi connectivity index (χ3n) is 3.82. The number of aromatic carboxylic acids is 1. The summed E-state index contributed by atoms with van der Waals surface area (Å²) < 4.78 is 27.7. The van der Waals surface area contributed by atoms with Crippen LogP contribution in [0.25, 0.3) is 12.2 Å². The summed E-state index contributed by atoms with van der Waals surface area (Å²) in [5.74, 6) is -1.58. The van der Waals surface area contributed by atoms with Crippen molar-refractivity contribution < 1.29 is 23.1 Å². The summed E-state index contributed by atoms with van der Waals surface area (Å²) in [6, 6.07) is 8.21. The topological polar surface area (TPSA) is 113 Å². The molecule has 26 heavy (non-hydrogen) atoms. The van der Waals surface area contributed by atoms with Crippen molar-refractivity contribution in [3.05, 3.63) is 64.2 Å². The molecule has 2 N–H and O–H groups in total. The SMILES string of the molecule is C=c1cc(S(=O)(=O)Nc2cccc(C(=O)O)c2)cc2c1=NC(=O)C=C2C. The summed E-state index contributed by atoms with van der Waals surface area (Å²) in [6.45, 7) is 5.46. The van der Waals surface area contributed by atoms with E-state index in [1.54, 1.807) is 6.92 Å². The highest BCUT2D eigenvalue weighted by Crippen LogP contribution is 2.19. The number of hydrogen-bond acceptors (Lipinski definition) is 4. The minimum absolute atomic E-state index is 0.0374. The van der Waals surface area contributed by atoms with Gasteiger partial charge in [0.1, 0.15) is 0 Å². The average molecular weight is 370 g/mol. The van der Waals surface area contributed by atoms with Gasteiger partial charge in [-0.2, -0.15) is 0 Å². The summed E-state index contributed by atoms with van der Waals surface area (Å²) in [5.41, 5.74) is 1.19. The van der Waals surface area contributed by atoms with Crippen LogP contribution in [-0.4, -0.2) is 25.4 Å². The fraction of sp³-hybridized carbons (Fsp3) is 0.0556. The van der Waals surface area contributed by atoms with Crippen LogP contribution in [0.2, 0.25) is 0 Å². The molecule has 1 aliphatic heterocycles. The van der Waals surface area contributed by atoms with E-state index in [0.717, 1.165) is 0 Å². The minimum Gasteiger partial charge on any atom is -0.478 e. The van der Waals surface area contributed by atoms with Gasteiger partial charge in [-0.15, -0.1) is 0 Å². The number of rotatable bonds is 4. The number of anilines is 1. The highest BCUT2D eigenvalue weighted by molar-refractivity contribution is 7.92. The molecule has 8 heteroatoms. The number of nitrogens with zero attached hydrogens (tertiary/aromatic N) is 1. The molecule has 0 saturated heterocycles. The number of sulfonamides is 1. The molecule has 132 valence electrons. The molecular weight excluding hydrogens is 356 g/mol. The Balaban J connectivity index is 2.07. The van der Waals surface area contributed by atoms with Crippen LogP contribution in [0.5, 0.6) is 0 Å². The molecule has 0 fully saturated rings. The van der Waals surface area contributed by atoms with Gasteiger partial charge in [-0.05, 0) is 48.0 Å². The zero-order valence-corrected chi connectivity index (χ0v) is 14.5. The largest absolute Gasteiger partial charge is 0.478 e. The number of nitrogens with one attached hydrogen (secondary N) is 1. The highest BCUT2D eigenvalue weighted by atomic mass is 32.2. The monoisotopic (exact) mass is 370 g/mol. The first kappa shape index (κ1) is 17.6. The van der Waals surface area contributed by atoms with Crippen LogP contribution in [0.1, 0.15) is 22.8 Å². The van der Waals surface area contributed by atoms with Crippen molar-refractivity contribution in [2.75, 3.05) is 4.72 Å². The van der Waals surface area contributed by atoms with Crippen molar-refractivity contribution in [3.63, 3.8) is 0 Å². The predicted octanol–water partition coefficient (Wildman–Crippen LogP) is 1.16. The Labute approximate surface area is 149 Å². The molecule has 0 radical (unpaired) electrons. The number of carbonyl (C=O) groups excluding carboxylic acids is 1. The molecule has 1 amide bonds. The molecule has 0 bridgehead atoms. The Kier molecular flexibility index (Phi) is 4.21. The third kappa shape index (κ3) is 3.27. The summed E-state index contributed by atoms with van der Waals surface area (Å²) in [5, 5.41) is 9.67.